The molecule has 26 heavy (non-hydrogen) atoms. The number of hydrogen-bond donors (Lipinski definition) is 0. The molecule has 1 heterocycles. The number of nitrogens with zero attached hydrogens (tertiary/aromatic N) is 1. The van der Waals surface area contributed by atoms with Crippen LogP contribution >= 0.6 is 0 Å². The number of benzene rings is 1. The van der Waals surface area contributed by atoms with Gasteiger partial charge in [0.15, 0.2) is 0 Å². The van der Waals surface area contributed by atoms with E-state index in [0.29, 0.717) is 6.61 Å². The van der Waals surface area contributed by atoms with E-state index in [1.165, 1.54) is 28.7 Å². The molecule has 1 aromatic carbocycles. The van der Waals surface area contributed by atoms with Crippen LogP contribution in [0, 0.1) is 0 Å². The minimum atomic E-state index is 0.507. The standard InChI is InChI=1S/C24H25NO/c1-18-6-2-3-8-21(18)16-19-10-14-23(15-11-19)26-17-22-13-12-20-7-4-5-9-24(20)25-22/h5-6,8-15H,2-4,7,16-17H2,1H3. The van der Waals surface area contributed by atoms with E-state index in [0.717, 1.165) is 42.8 Å². The SMILES string of the molecule is CC1=CCCC=C1Cc1ccc(OCc2ccc3c(n2)C=CCC3)cc1. The third-order valence-corrected chi connectivity index (χ3v) is 5.15. The molecule has 2 aliphatic rings. The van der Waals surface area contributed by atoms with Crippen molar-refractivity contribution in [1.29, 1.82) is 0 Å². The molecule has 0 fully saturated rings. The molecule has 0 saturated heterocycles. The fraction of sp³-hybridized carbons (Fsp3) is 0.292. The number of fused-ring (bicyclic) bond motifs is 1. The Morgan fingerprint density at radius 2 is 1.81 bits per heavy atom. The first kappa shape index (κ1) is 16.8. The molecule has 0 aliphatic heterocycles. The average Bonchev–Trinajstić information content (AvgIpc) is 2.69. The van der Waals surface area contributed by atoms with E-state index in [1.54, 1.807) is 0 Å². The molecule has 0 atom stereocenters. The summed E-state index contributed by atoms with van der Waals surface area (Å²) < 4.78 is 5.94. The average molecular weight is 343 g/mol. The quantitative estimate of drug-likeness (QED) is 0.681. The molecule has 2 heteroatoms. The molecule has 0 unspecified atom stereocenters. The monoisotopic (exact) mass is 343 g/mol. The van der Waals surface area contributed by atoms with Crippen molar-refractivity contribution in [3.8, 4) is 5.75 Å². The molecular weight excluding hydrogens is 318 g/mol. The van der Waals surface area contributed by atoms with Gasteiger partial charge >= 0.3 is 0 Å². The summed E-state index contributed by atoms with van der Waals surface area (Å²) in [6.07, 6.45) is 14.6. The maximum Gasteiger partial charge on any atom is 0.130 e. The zero-order chi connectivity index (χ0) is 17.8. The van der Waals surface area contributed by atoms with Crippen LogP contribution < -0.4 is 4.74 Å². The molecule has 0 N–H and O–H groups in total. The zero-order valence-corrected chi connectivity index (χ0v) is 15.4. The summed E-state index contributed by atoms with van der Waals surface area (Å²) in [7, 11) is 0. The van der Waals surface area contributed by atoms with Gasteiger partial charge in [-0.25, -0.2) is 4.98 Å². The van der Waals surface area contributed by atoms with E-state index in [4.69, 9.17) is 9.72 Å². The molecule has 2 aliphatic carbocycles. The van der Waals surface area contributed by atoms with Crippen LogP contribution in [0.5, 0.6) is 5.75 Å². The lowest BCUT2D eigenvalue weighted by atomic mass is 9.93. The van der Waals surface area contributed by atoms with Gasteiger partial charge in [-0.3, -0.25) is 0 Å². The smallest absolute Gasteiger partial charge is 0.130 e. The Morgan fingerprint density at radius 1 is 0.962 bits per heavy atom. The minimum absolute atomic E-state index is 0.507. The largest absolute Gasteiger partial charge is 0.487 e. The van der Waals surface area contributed by atoms with Gasteiger partial charge in [0.1, 0.15) is 12.4 Å². The van der Waals surface area contributed by atoms with E-state index < -0.39 is 0 Å². The highest BCUT2D eigenvalue weighted by atomic mass is 16.5. The van der Waals surface area contributed by atoms with Crippen LogP contribution in [-0.2, 0) is 19.4 Å². The zero-order valence-electron chi connectivity index (χ0n) is 15.4. The maximum absolute atomic E-state index is 5.94. The molecular formula is C24H25NO. The number of aromatic nitrogens is 1. The Balaban J connectivity index is 1.37. The van der Waals surface area contributed by atoms with Crippen molar-refractivity contribution in [1.82, 2.24) is 4.98 Å². The Labute approximate surface area is 155 Å². The van der Waals surface area contributed by atoms with Crippen molar-refractivity contribution in [3.63, 3.8) is 0 Å². The molecule has 1 aromatic heterocycles. The molecule has 4 rings (SSSR count). The van der Waals surface area contributed by atoms with Gasteiger partial charge in [0.2, 0.25) is 0 Å². The number of rotatable bonds is 5. The molecule has 0 radical (unpaired) electrons. The van der Waals surface area contributed by atoms with Gasteiger partial charge in [-0.1, -0.05) is 42.0 Å². The first-order valence-corrected chi connectivity index (χ1v) is 9.51. The Kier molecular flexibility index (Phi) is 5.01. The summed E-state index contributed by atoms with van der Waals surface area (Å²) in [5, 5.41) is 0. The van der Waals surface area contributed by atoms with Crippen molar-refractivity contribution < 1.29 is 4.74 Å². The highest BCUT2D eigenvalue weighted by molar-refractivity contribution is 5.52. The van der Waals surface area contributed by atoms with Gasteiger partial charge in [-0.15, -0.1) is 0 Å². The predicted octanol–water partition coefficient (Wildman–Crippen LogP) is 5.83. The molecule has 132 valence electrons. The van der Waals surface area contributed by atoms with Crippen LogP contribution in [0.15, 0.2) is 65.8 Å². The Bertz CT molecular complexity index is 872. The second-order valence-electron chi connectivity index (χ2n) is 7.09. The molecule has 0 bridgehead atoms. The highest BCUT2D eigenvalue weighted by Crippen LogP contribution is 2.24. The topological polar surface area (TPSA) is 22.1 Å². The maximum atomic E-state index is 5.94. The Hall–Kier alpha value is -2.61. The lowest BCUT2D eigenvalue weighted by molar-refractivity contribution is 0.301. The van der Waals surface area contributed by atoms with Crippen molar-refractivity contribution in [2.75, 3.05) is 0 Å². The number of pyridine rings is 1. The number of ether oxygens (including phenoxy) is 1. The number of hydrogen-bond acceptors (Lipinski definition) is 2. The third kappa shape index (κ3) is 3.96. The van der Waals surface area contributed by atoms with Crippen molar-refractivity contribution in [3.05, 3.63) is 88.3 Å². The van der Waals surface area contributed by atoms with E-state index in [1.807, 2.05) is 0 Å². The Morgan fingerprint density at radius 3 is 2.65 bits per heavy atom. The summed E-state index contributed by atoms with van der Waals surface area (Å²) in [4.78, 5) is 4.71. The van der Waals surface area contributed by atoms with Gasteiger partial charge in [0.25, 0.3) is 0 Å². The lowest BCUT2D eigenvalue weighted by Crippen LogP contribution is -2.03. The van der Waals surface area contributed by atoms with Crippen LogP contribution in [0.1, 0.15) is 48.7 Å². The number of allylic oxidation sites excluding steroid dienone is 5. The molecule has 2 aromatic rings. The second-order valence-corrected chi connectivity index (χ2v) is 7.09. The minimum Gasteiger partial charge on any atom is -0.487 e. The van der Waals surface area contributed by atoms with Crippen LogP contribution in [0.2, 0.25) is 0 Å². The van der Waals surface area contributed by atoms with Gasteiger partial charge < -0.3 is 4.74 Å². The predicted molar refractivity (Wildman–Crippen MR) is 107 cm³/mol. The summed E-state index contributed by atoms with van der Waals surface area (Å²) in [6.45, 7) is 2.72. The summed E-state index contributed by atoms with van der Waals surface area (Å²) in [5.41, 5.74) is 7.61. The highest BCUT2D eigenvalue weighted by Gasteiger charge is 2.08. The molecule has 2 nitrogen and oxygen atoms in total. The van der Waals surface area contributed by atoms with E-state index in [2.05, 4.69) is 67.6 Å². The van der Waals surface area contributed by atoms with E-state index in [9.17, 15) is 0 Å². The summed E-state index contributed by atoms with van der Waals surface area (Å²) in [6, 6.07) is 12.7. The molecule has 0 saturated carbocycles. The fourth-order valence-electron chi connectivity index (χ4n) is 3.56. The van der Waals surface area contributed by atoms with E-state index in [-0.39, 0.29) is 0 Å². The third-order valence-electron chi connectivity index (χ3n) is 5.15. The van der Waals surface area contributed by atoms with Gasteiger partial charge in [0, 0.05) is 0 Å². The van der Waals surface area contributed by atoms with Gasteiger partial charge in [0.05, 0.1) is 11.4 Å². The summed E-state index contributed by atoms with van der Waals surface area (Å²) in [5.74, 6) is 0.897. The normalized spacial score (nSPS) is 15.9. The molecule has 0 amide bonds. The number of aryl methyl sites for hydroxylation is 1. The lowest BCUT2D eigenvalue weighted by Gasteiger charge is -2.14. The fourth-order valence-corrected chi connectivity index (χ4v) is 3.56. The second kappa shape index (κ2) is 7.74. The first-order chi connectivity index (χ1) is 12.8. The summed E-state index contributed by atoms with van der Waals surface area (Å²) >= 11 is 0. The van der Waals surface area contributed by atoms with Gasteiger partial charge in [-0.05, 0) is 80.0 Å². The van der Waals surface area contributed by atoms with Gasteiger partial charge in [-0.2, -0.15) is 0 Å². The van der Waals surface area contributed by atoms with Crippen molar-refractivity contribution in [2.24, 2.45) is 0 Å². The van der Waals surface area contributed by atoms with Crippen molar-refractivity contribution >= 4 is 6.08 Å². The van der Waals surface area contributed by atoms with Crippen LogP contribution in [0.4, 0.5) is 0 Å². The van der Waals surface area contributed by atoms with Crippen molar-refractivity contribution in [2.45, 2.75) is 45.6 Å². The van der Waals surface area contributed by atoms with Crippen LogP contribution in [0.3, 0.4) is 0 Å². The van der Waals surface area contributed by atoms with E-state index >= 15 is 0 Å². The first-order valence-electron chi connectivity index (χ1n) is 9.51. The van der Waals surface area contributed by atoms with Crippen LogP contribution in [-0.4, -0.2) is 4.98 Å². The van der Waals surface area contributed by atoms with Crippen LogP contribution in [0.25, 0.3) is 6.08 Å². The molecule has 0 spiro atoms.